The van der Waals surface area contributed by atoms with Gasteiger partial charge in [0.1, 0.15) is 0 Å². The maximum atomic E-state index is 12.4. The second-order valence-electron chi connectivity index (χ2n) is 6.11. The molecular weight excluding hydrogens is 372 g/mol. The maximum absolute atomic E-state index is 12.4. The number of hydrogen-bond donors (Lipinski definition) is 1. The fourth-order valence-corrected chi connectivity index (χ4v) is 3.93. The van der Waals surface area contributed by atoms with E-state index in [9.17, 15) is 13.2 Å². The molecule has 2 rings (SSSR count). The Balaban J connectivity index is 2.05. The number of carbonyl (C=O) groups is 1. The van der Waals surface area contributed by atoms with Crippen LogP contribution in [0.25, 0.3) is 0 Å². The van der Waals surface area contributed by atoms with E-state index in [-0.39, 0.29) is 29.9 Å². The number of sulfonamides is 1. The lowest BCUT2D eigenvalue weighted by Crippen LogP contribution is -2.39. The first-order valence-electron chi connectivity index (χ1n) is 8.30. The molecule has 0 aromatic heterocycles. The Kier molecular flexibility index (Phi) is 6.81. The Morgan fingerprint density at radius 2 is 1.85 bits per heavy atom. The van der Waals surface area contributed by atoms with Crippen LogP contribution >= 0.6 is 11.6 Å². The van der Waals surface area contributed by atoms with Gasteiger partial charge in [-0.15, -0.1) is 0 Å². The number of benzene rings is 2. The van der Waals surface area contributed by atoms with Gasteiger partial charge in [0, 0.05) is 25.0 Å². The zero-order chi connectivity index (χ0) is 19.3. The number of carbonyl (C=O) groups excluding carboxylic acids is 1. The Morgan fingerprint density at radius 1 is 1.19 bits per heavy atom. The van der Waals surface area contributed by atoms with Crippen LogP contribution in [0.15, 0.2) is 53.4 Å². The first-order valence-corrected chi connectivity index (χ1v) is 10.2. The van der Waals surface area contributed by atoms with Gasteiger partial charge in [0.2, 0.25) is 15.9 Å². The third-order valence-corrected chi connectivity index (χ3v) is 6.12. The van der Waals surface area contributed by atoms with Gasteiger partial charge in [-0.2, -0.15) is 0 Å². The minimum atomic E-state index is -3.66. The molecular formula is C19H23ClN2O3S. The van der Waals surface area contributed by atoms with Crippen molar-refractivity contribution in [3.63, 3.8) is 0 Å². The molecule has 0 aliphatic carbocycles. The average molecular weight is 395 g/mol. The second-order valence-corrected chi connectivity index (χ2v) is 8.28. The summed E-state index contributed by atoms with van der Waals surface area (Å²) in [7, 11) is -3.66. The molecule has 0 aliphatic rings. The highest BCUT2D eigenvalue weighted by Crippen LogP contribution is 2.21. The zero-order valence-corrected chi connectivity index (χ0v) is 16.6. The Morgan fingerprint density at radius 3 is 2.42 bits per heavy atom. The van der Waals surface area contributed by atoms with Crippen molar-refractivity contribution in [3.8, 4) is 0 Å². The molecule has 0 saturated carbocycles. The lowest BCUT2D eigenvalue weighted by Gasteiger charge is -2.28. The number of halogens is 1. The summed E-state index contributed by atoms with van der Waals surface area (Å²) < 4.78 is 27.4. The first-order chi connectivity index (χ1) is 12.2. The number of aryl methyl sites for hydroxylation is 1. The van der Waals surface area contributed by atoms with E-state index in [1.165, 1.54) is 19.1 Å². The minimum Gasteiger partial charge on any atom is -0.335 e. The minimum absolute atomic E-state index is 0.108. The van der Waals surface area contributed by atoms with E-state index < -0.39 is 10.0 Å². The number of rotatable bonds is 7. The van der Waals surface area contributed by atoms with E-state index in [1.54, 1.807) is 17.9 Å². The average Bonchev–Trinajstić information content (AvgIpc) is 2.61. The Bertz CT molecular complexity index is 870. The topological polar surface area (TPSA) is 66.5 Å². The first kappa shape index (κ1) is 20.4. The van der Waals surface area contributed by atoms with Gasteiger partial charge in [0.15, 0.2) is 0 Å². The molecule has 0 saturated heterocycles. The van der Waals surface area contributed by atoms with Crippen molar-refractivity contribution < 1.29 is 13.2 Å². The van der Waals surface area contributed by atoms with Crippen molar-refractivity contribution in [2.24, 2.45) is 0 Å². The molecule has 0 fully saturated rings. The highest BCUT2D eigenvalue weighted by atomic mass is 35.5. The number of hydrogen-bond acceptors (Lipinski definition) is 3. The van der Waals surface area contributed by atoms with Crippen LogP contribution in [0, 0.1) is 6.92 Å². The fourth-order valence-electron chi connectivity index (χ4n) is 2.70. The van der Waals surface area contributed by atoms with Crippen molar-refractivity contribution in [2.75, 3.05) is 13.1 Å². The van der Waals surface area contributed by atoms with Crippen molar-refractivity contribution in [2.45, 2.75) is 31.7 Å². The molecule has 1 atom stereocenters. The quantitative estimate of drug-likeness (QED) is 0.781. The zero-order valence-electron chi connectivity index (χ0n) is 15.1. The highest BCUT2D eigenvalue weighted by Gasteiger charge is 2.20. The van der Waals surface area contributed by atoms with Crippen molar-refractivity contribution in [3.05, 3.63) is 64.7 Å². The van der Waals surface area contributed by atoms with Gasteiger partial charge in [-0.1, -0.05) is 41.9 Å². The fraction of sp³-hybridized carbons (Fsp3) is 0.316. The predicted molar refractivity (Wildman–Crippen MR) is 104 cm³/mol. The third-order valence-electron chi connectivity index (χ3n) is 4.24. The summed E-state index contributed by atoms with van der Waals surface area (Å²) in [4.78, 5) is 13.8. The molecule has 1 amide bonds. The molecule has 5 nitrogen and oxygen atoms in total. The van der Waals surface area contributed by atoms with Gasteiger partial charge in [-0.05, 0) is 43.2 Å². The van der Waals surface area contributed by atoms with Gasteiger partial charge < -0.3 is 4.90 Å². The molecule has 0 bridgehead atoms. The molecule has 1 N–H and O–H groups in total. The number of nitrogens with zero attached hydrogens (tertiary/aromatic N) is 1. The van der Waals surface area contributed by atoms with Crippen molar-refractivity contribution in [1.82, 2.24) is 9.62 Å². The summed E-state index contributed by atoms with van der Waals surface area (Å²) in [6.07, 6.45) is 0. The lowest BCUT2D eigenvalue weighted by molar-refractivity contribution is -0.130. The van der Waals surface area contributed by atoms with Crippen molar-refractivity contribution in [1.29, 1.82) is 0 Å². The molecule has 7 heteroatoms. The van der Waals surface area contributed by atoms with Crippen LogP contribution in [0.1, 0.15) is 31.0 Å². The molecule has 0 heterocycles. The van der Waals surface area contributed by atoms with Crippen LogP contribution in [-0.2, 0) is 14.8 Å². The molecule has 2 aromatic rings. The smallest absolute Gasteiger partial charge is 0.240 e. The standard InChI is InChI=1S/C19H23ClN2O3S/c1-14-13-18(9-10-19(14)20)26(24,25)21-11-12-22(16(3)23)15(2)17-7-5-4-6-8-17/h4-10,13,15,21H,11-12H2,1-3H3. The van der Waals surface area contributed by atoms with E-state index in [4.69, 9.17) is 11.6 Å². The highest BCUT2D eigenvalue weighted by molar-refractivity contribution is 7.89. The number of amides is 1. The van der Waals surface area contributed by atoms with Crippen LogP contribution in [0.4, 0.5) is 0 Å². The summed E-state index contributed by atoms with van der Waals surface area (Å²) in [5.41, 5.74) is 1.69. The van der Waals surface area contributed by atoms with Crippen LogP contribution in [0.3, 0.4) is 0 Å². The summed E-state index contributed by atoms with van der Waals surface area (Å²) in [5, 5.41) is 0.517. The SMILES string of the molecule is CC(=O)N(CCNS(=O)(=O)c1ccc(Cl)c(C)c1)C(C)c1ccccc1. The number of nitrogens with one attached hydrogen (secondary N) is 1. The maximum Gasteiger partial charge on any atom is 0.240 e. The summed E-state index contributed by atoms with van der Waals surface area (Å²) in [6, 6.07) is 14.0. The Hall–Kier alpha value is -1.89. The second kappa shape index (κ2) is 8.66. The van der Waals surface area contributed by atoms with E-state index in [0.717, 1.165) is 5.56 Å². The van der Waals surface area contributed by atoms with Gasteiger partial charge in [-0.25, -0.2) is 13.1 Å². The van der Waals surface area contributed by atoms with Gasteiger partial charge >= 0.3 is 0 Å². The largest absolute Gasteiger partial charge is 0.335 e. The lowest BCUT2D eigenvalue weighted by atomic mass is 10.1. The molecule has 1 unspecified atom stereocenters. The molecule has 0 aliphatic heterocycles. The monoisotopic (exact) mass is 394 g/mol. The summed E-state index contributed by atoms with van der Waals surface area (Å²) in [5.74, 6) is -0.108. The molecule has 26 heavy (non-hydrogen) atoms. The molecule has 0 spiro atoms. The summed E-state index contributed by atoms with van der Waals surface area (Å²) in [6.45, 7) is 5.56. The van der Waals surface area contributed by atoms with Gasteiger partial charge in [0.25, 0.3) is 0 Å². The molecule has 140 valence electrons. The Labute approximate surface area is 160 Å². The molecule has 0 radical (unpaired) electrons. The van der Waals surface area contributed by atoms with Gasteiger partial charge in [-0.3, -0.25) is 4.79 Å². The van der Waals surface area contributed by atoms with Crippen molar-refractivity contribution >= 4 is 27.5 Å². The predicted octanol–water partition coefficient (Wildman–Crippen LogP) is 3.54. The van der Waals surface area contributed by atoms with E-state index in [0.29, 0.717) is 10.6 Å². The summed E-state index contributed by atoms with van der Waals surface area (Å²) >= 11 is 5.95. The van der Waals surface area contributed by atoms with Crippen LogP contribution < -0.4 is 4.72 Å². The van der Waals surface area contributed by atoms with Crippen LogP contribution in [-0.4, -0.2) is 32.3 Å². The van der Waals surface area contributed by atoms with Crippen LogP contribution in [0.5, 0.6) is 0 Å². The normalized spacial score (nSPS) is 12.6. The molecule has 2 aromatic carbocycles. The van der Waals surface area contributed by atoms with E-state index in [2.05, 4.69) is 4.72 Å². The van der Waals surface area contributed by atoms with Crippen LogP contribution in [0.2, 0.25) is 5.02 Å². The van der Waals surface area contributed by atoms with E-state index >= 15 is 0 Å². The van der Waals surface area contributed by atoms with E-state index in [1.807, 2.05) is 37.3 Å². The van der Waals surface area contributed by atoms with Gasteiger partial charge in [0.05, 0.1) is 10.9 Å². The third kappa shape index (κ3) is 5.06.